The first-order chi connectivity index (χ1) is 20.3. The van der Waals surface area contributed by atoms with Gasteiger partial charge in [-0.1, -0.05) is 75.4 Å². The highest BCUT2D eigenvalue weighted by Gasteiger charge is 2.22. The second-order valence-corrected chi connectivity index (χ2v) is 11.8. The molecule has 2 amide bonds. The van der Waals surface area contributed by atoms with Gasteiger partial charge >= 0.3 is 6.03 Å². The van der Waals surface area contributed by atoms with Gasteiger partial charge in [0.15, 0.2) is 0 Å². The van der Waals surface area contributed by atoms with Gasteiger partial charge in [0.05, 0.1) is 37.0 Å². The maximum absolute atomic E-state index is 13.4. The van der Waals surface area contributed by atoms with Crippen molar-refractivity contribution >= 4 is 28.3 Å². The summed E-state index contributed by atoms with van der Waals surface area (Å²) >= 11 is 0. The maximum atomic E-state index is 13.4. The van der Waals surface area contributed by atoms with Crippen molar-refractivity contribution in [3.8, 4) is 16.8 Å². The largest absolute Gasteiger partial charge is 0.379 e. The standard InChI is InChI=1S/C33H37N7O2/c1-33(2,3)30-19-31(40(37-30)24-20-34-38(4)22-24)36-32(41)35-29-14-13-27(26-11-7-8-12-28(26)29)25-10-6-5-9-23(25)21-39-15-17-42-18-16-39/h5-14,19-20,22H,15-18,21H2,1-4H3,(H2,35,36,41). The highest BCUT2D eigenvalue weighted by molar-refractivity contribution is 6.09. The number of urea groups is 1. The average Bonchev–Trinajstić information content (AvgIpc) is 3.60. The average molecular weight is 564 g/mol. The second kappa shape index (κ2) is 11.4. The quantitative estimate of drug-likeness (QED) is 0.257. The minimum atomic E-state index is -0.342. The highest BCUT2D eigenvalue weighted by atomic mass is 16.5. The first kappa shape index (κ1) is 27.7. The van der Waals surface area contributed by atoms with Crippen LogP contribution in [0.4, 0.5) is 16.3 Å². The van der Waals surface area contributed by atoms with Crippen LogP contribution in [0.25, 0.3) is 27.6 Å². The lowest BCUT2D eigenvalue weighted by molar-refractivity contribution is 0.0342. The Balaban J connectivity index is 1.29. The number of aryl methyl sites for hydroxylation is 1. The lowest BCUT2D eigenvalue weighted by Gasteiger charge is -2.27. The number of benzene rings is 3. The number of hydrogen-bond acceptors (Lipinski definition) is 5. The molecule has 6 rings (SSSR count). The third-order valence-electron chi connectivity index (χ3n) is 7.63. The Morgan fingerprint density at radius 1 is 0.929 bits per heavy atom. The van der Waals surface area contributed by atoms with E-state index < -0.39 is 0 Å². The summed E-state index contributed by atoms with van der Waals surface area (Å²) in [4.78, 5) is 15.8. The zero-order chi connectivity index (χ0) is 29.3. The Kier molecular flexibility index (Phi) is 7.53. The summed E-state index contributed by atoms with van der Waals surface area (Å²) < 4.78 is 8.98. The molecule has 1 aliphatic heterocycles. The van der Waals surface area contributed by atoms with Crippen LogP contribution in [0.1, 0.15) is 32.0 Å². The van der Waals surface area contributed by atoms with Crippen molar-refractivity contribution in [2.24, 2.45) is 7.05 Å². The smallest absolute Gasteiger partial charge is 0.324 e. The van der Waals surface area contributed by atoms with Gasteiger partial charge < -0.3 is 10.1 Å². The molecule has 9 nitrogen and oxygen atoms in total. The minimum absolute atomic E-state index is 0.190. The molecule has 0 unspecified atom stereocenters. The van der Waals surface area contributed by atoms with E-state index in [9.17, 15) is 4.79 Å². The van der Waals surface area contributed by atoms with Crippen LogP contribution in [-0.4, -0.2) is 56.8 Å². The predicted octanol–water partition coefficient (Wildman–Crippen LogP) is 6.20. The number of rotatable bonds is 6. The molecule has 2 aromatic heterocycles. The molecule has 5 aromatic rings. The molecule has 9 heteroatoms. The van der Waals surface area contributed by atoms with Crippen molar-refractivity contribution in [2.45, 2.75) is 32.7 Å². The van der Waals surface area contributed by atoms with E-state index in [-0.39, 0.29) is 11.4 Å². The molecule has 1 fully saturated rings. The molecule has 0 radical (unpaired) electrons. The van der Waals surface area contributed by atoms with E-state index in [2.05, 4.69) is 83.9 Å². The summed E-state index contributed by atoms with van der Waals surface area (Å²) in [6, 6.07) is 22.5. The van der Waals surface area contributed by atoms with Crippen molar-refractivity contribution in [3.63, 3.8) is 0 Å². The number of nitrogens with one attached hydrogen (secondary N) is 2. The second-order valence-electron chi connectivity index (χ2n) is 11.8. The van der Waals surface area contributed by atoms with Crippen molar-refractivity contribution in [3.05, 3.63) is 90.4 Å². The third kappa shape index (κ3) is 5.79. The number of anilines is 2. The summed E-state index contributed by atoms with van der Waals surface area (Å²) in [5.41, 5.74) is 5.81. The molecule has 1 aliphatic rings. The maximum Gasteiger partial charge on any atom is 0.324 e. The Morgan fingerprint density at radius 3 is 2.40 bits per heavy atom. The first-order valence-electron chi connectivity index (χ1n) is 14.3. The number of ether oxygens (including phenoxy) is 1. The van der Waals surface area contributed by atoms with E-state index in [1.807, 2.05) is 37.5 Å². The predicted molar refractivity (Wildman–Crippen MR) is 167 cm³/mol. The van der Waals surface area contributed by atoms with Crippen LogP contribution in [0.5, 0.6) is 0 Å². The summed E-state index contributed by atoms with van der Waals surface area (Å²) in [5, 5.41) is 17.2. The molecule has 0 aliphatic carbocycles. The number of fused-ring (bicyclic) bond motifs is 1. The number of aromatic nitrogens is 4. The van der Waals surface area contributed by atoms with Gasteiger partial charge in [0.25, 0.3) is 0 Å². The molecular weight excluding hydrogens is 526 g/mol. The number of amides is 2. The van der Waals surface area contributed by atoms with Gasteiger partial charge in [0.2, 0.25) is 0 Å². The molecule has 3 heterocycles. The molecular formula is C33H37N7O2. The van der Waals surface area contributed by atoms with Crippen LogP contribution < -0.4 is 10.6 Å². The molecule has 0 spiro atoms. The molecule has 3 aromatic carbocycles. The van der Waals surface area contributed by atoms with Crippen LogP contribution in [-0.2, 0) is 23.7 Å². The summed E-state index contributed by atoms with van der Waals surface area (Å²) in [5.74, 6) is 0.573. The van der Waals surface area contributed by atoms with E-state index in [4.69, 9.17) is 9.84 Å². The number of carbonyl (C=O) groups is 1. The van der Waals surface area contributed by atoms with E-state index in [0.29, 0.717) is 5.82 Å². The van der Waals surface area contributed by atoms with Crippen molar-refractivity contribution in [2.75, 3.05) is 36.9 Å². The molecule has 42 heavy (non-hydrogen) atoms. The summed E-state index contributed by atoms with van der Waals surface area (Å²) in [6.45, 7) is 10.6. The summed E-state index contributed by atoms with van der Waals surface area (Å²) in [6.07, 6.45) is 3.59. The number of nitrogens with zero attached hydrogens (tertiary/aromatic N) is 5. The van der Waals surface area contributed by atoms with Gasteiger partial charge in [-0.2, -0.15) is 10.2 Å². The van der Waals surface area contributed by atoms with E-state index in [1.54, 1.807) is 15.6 Å². The van der Waals surface area contributed by atoms with E-state index in [1.165, 1.54) is 11.1 Å². The molecule has 0 bridgehead atoms. The van der Waals surface area contributed by atoms with Gasteiger partial charge in [0, 0.05) is 43.5 Å². The molecule has 0 saturated carbocycles. The van der Waals surface area contributed by atoms with Crippen LogP contribution in [0.3, 0.4) is 0 Å². The highest BCUT2D eigenvalue weighted by Crippen LogP contribution is 2.35. The fraction of sp³-hybridized carbons (Fsp3) is 0.303. The number of carbonyl (C=O) groups excluding carboxylic acids is 1. The lowest BCUT2D eigenvalue weighted by Crippen LogP contribution is -2.35. The topological polar surface area (TPSA) is 89.2 Å². The normalized spacial score (nSPS) is 14.3. The first-order valence-corrected chi connectivity index (χ1v) is 14.3. The molecule has 2 N–H and O–H groups in total. The Morgan fingerprint density at radius 2 is 1.67 bits per heavy atom. The minimum Gasteiger partial charge on any atom is -0.379 e. The van der Waals surface area contributed by atoms with Crippen LogP contribution in [0.15, 0.2) is 79.1 Å². The lowest BCUT2D eigenvalue weighted by atomic mass is 9.92. The van der Waals surface area contributed by atoms with Crippen LogP contribution >= 0.6 is 0 Å². The van der Waals surface area contributed by atoms with Gasteiger partial charge in [0.1, 0.15) is 11.5 Å². The Bertz CT molecular complexity index is 1720. The van der Waals surface area contributed by atoms with E-state index >= 15 is 0 Å². The van der Waals surface area contributed by atoms with Crippen molar-refractivity contribution < 1.29 is 9.53 Å². The molecule has 0 atom stereocenters. The van der Waals surface area contributed by atoms with Gasteiger partial charge in [-0.25, -0.2) is 9.48 Å². The van der Waals surface area contributed by atoms with Crippen LogP contribution in [0.2, 0.25) is 0 Å². The third-order valence-corrected chi connectivity index (χ3v) is 7.63. The zero-order valence-corrected chi connectivity index (χ0v) is 24.6. The fourth-order valence-corrected chi connectivity index (χ4v) is 5.39. The van der Waals surface area contributed by atoms with Gasteiger partial charge in [-0.3, -0.25) is 14.9 Å². The van der Waals surface area contributed by atoms with Crippen molar-refractivity contribution in [1.82, 2.24) is 24.5 Å². The Hall–Kier alpha value is -4.47. The number of hydrogen-bond donors (Lipinski definition) is 2. The molecule has 216 valence electrons. The SMILES string of the molecule is Cn1cc(-n2nc(C(C)(C)C)cc2NC(=O)Nc2ccc(-c3ccccc3CN3CCOCC3)c3ccccc23)cn1. The van der Waals surface area contributed by atoms with E-state index in [0.717, 1.165) is 66.3 Å². The number of morpholine rings is 1. The van der Waals surface area contributed by atoms with Gasteiger partial charge in [-0.05, 0) is 28.1 Å². The van der Waals surface area contributed by atoms with Crippen LogP contribution in [0, 0.1) is 0 Å². The fourth-order valence-electron chi connectivity index (χ4n) is 5.39. The Labute approximate surface area is 246 Å². The zero-order valence-electron chi connectivity index (χ0n) is 24.6. The molecule has 1 saturated heterocycles. The van der Waals surface area contributed by atoms with Gasteiger partial charge in [-0.15, -0.1) is 0 Å². The summed E-state index contributed by atoms with van der Waals surface area (Å²) in [7, 11) is 1.85. The monoisotopic (exact) mass is 563 g/mol. The van der Waals surface area contributed by atoms with Crippen molar-refractivity contribution in [1.29, 1.82) is 0 Å².